The first-order valence-electron chi connectivity index (χ1n) is 5.80. The fraction of sp³-hybridized carbons (Fsp3) is 0.0667. The molecule has 0 bridgehead atoms. The van der Waals surface area contributed by atoms with E-state index in [0.29, 0.717) is 5.56 Å². The van der Waals surface area contributed by atoms with Crippen LogP contribution in [0.5, 0.6) is 0 Å². The molecular weight excluding hydrogens is 224 g/mol. The number of carbonyl (C=O) groups is 1. The average Bonchev–Trinajstić information content (AvgIpc) is 2.82. The van der Waals surface area contributed by atoms with Crippen LogP contribution >= 0.6 is 0 Å². The highest BCUT2D eigenvalue weighted by atomic mass is 16.1. The van der Waals surface area contributed by atoms with Gasteiger partial charge in [-0.05, 0) is 25.1 Å². The van der Waals surface area contributed by atoms with Crippen molar-refractivity contribution in [3.05, 3.63) is 54.1 Å². The molecule has 0 radical (unpaired) electrons. The Morgan fingerprint density at radius 1 is 1.11 bits per heavy atom. The van der Waals surface area contributed by atoms with E-state index in [4.69, 9.17) is 0 Å². The molecule has 2 aromatic carbocycles. The molecule has 1 heterocycles. The third kappa shape index (κ3) is 1.70. The third-order valence-corrected chi connectivity index (χ3v) is 3.02. The standard InChI is InChI=1S/C15H12N2O/c1-10(18)12-7-8-14-13(9-12)15(17-16-14)11-5-3-2-4-6-11/h2-9H,1H3,(H,16,17). The fourth-order valence-corrected chi connectivity index (χ4v) is 2.05. The number of ketones is 1. The largest absolute Gasteiger partial charge is 0.295 e. The van der Waals surface area contributed by atoms with Crippen molar-refractivity contribution in [1.82, 2.24) is 10.2 Å². The minimum atomic E-state index is 0.0668. The highest BCUT2D eigenvalue weighted by Gasteiger charge is 2.09. The van der Waals surface area contributed by atoms with E-state index >= 15 is 0 Å². The lowest BCUT2D eigenvalue weighted by molar-refractivity contribution is 0.101. The zero-order chi connectivity index (χ0) is 12.5. The number of hydrogen-bond acceptors (Lipinski definition) is 2. The quantitative estimate of drug-likeness (QED) is 0.693. The molecule has 18 heavy (non-hydrogen) atoms. The van der Waals surface area contributed by atoms with Crippen molar-refractivity contribution in [2.24, 2.45) is 0 Å². The van der Waals surface area contributed by atoms with Crippen molar-refractivity contribution in [2.75, 3.05) is 0 Å². The summed E-state index contributed by atoms with van der Waals surface area (Å²) in [5.41, 5.74) is 3.58. The predicted molar refractivity (Wildman–Crippen MR) is 71.5 cm³/mol. The maximum atomic E-state index is 11.4. The highest BCUT2D eigenvalue weighted by Crippen LogP contribution is 2.26. The van der Waals surface area contributed by atoms with Crippen LogP contribution in [0.15, 0.2) is 48.5 Å². The first-order chi connectivity index (χ1) is 8.75. The molecule has 0 spiro atoms. The molecule has 1 N–H and O–H groups in total. The van der Waals surface area contributed by atoms with Gasteiger partial charge in [-0.25, -0.2) is 0 Å². The molecule has 88 valence electrons. The third-order valence-electron chi connectivity index (χ3n) is 3.02. The Morgan fingerprint density at radius 2 is 1.89 bits per heavy atom. The maximum absolute atomic E-state index is 11.4. The Balaban J connectivity index is 2.24. The van der Waals surface area contributed by atoms with E-state index in [1.165, 1.54) is 0 Å². The van der Waals surface area contributed by atoms with E-state index in [2.05, 4.69) is 10.2 Å². The van der Waals surface area contributed by atoms with Gasteiger partial charge >= 0.3 is 0 Å². The van der Waals surface area contributed by atoms with E-state index in [1.807, 2.05) is 48.5 Å². The summed E-state index contributed by atoms with van der Waals surface area (Å²) >= 11 is 0. The van der Waals surface area contributed by atoms with Gasteiger partial charge in [0.1, 0.15) is 0 Å². The number of benzene rings is 2. The number of nitrogens with zero attached hydrogens (tertiary/aromatic N) is 1. The van der Waals surface area contributed by atoms with Crippen LogP contribution in [0.25, 0.3) is 22.2 Å². The Morgan fingerprint density at radius 3 is 2.61 bits per heavy atom. The molecule has 0 amide bonds. The second-order valence-corrected chi connectivity index (χ2v) is 4.25. The SMILES string of the molecule is CC(=O)c1ccc2[nH]nc(-c3ccccc3)c2c1. The van der Waals surface area contributed by atoms with Gasteiger partial charge in [0.15, 0.2) is 5.78 Å². The van der Waals surface area contributed by atoms with Crippen molar-refractivity contribution < 1.29 is 4.79 Å². The molecule has 0 aliphatic rings. The number of hydrogen-bond donors (Lipinski definition) is 1. The van der Waals surface area contributed by atoms with Crippen LogP contribution in [0, 0.1) is 0 Å². The lowest BCUT2D eigenvalue weighted by atomic mass is 10.0. The van der Waals surface area contributed by atoms with E-state index in [-0.39, 0.29) is 5.78 Å². The van der Waals surface area contributed by atoms with Crippen LogP contribution in [0.1, 0.15) is 17.3 Å². The number of Topliss-reactive ketones (excluding diaryl/α,β-unsaturated/α-hetero) is 1. The van der Waals surface area contributed by atoms with Gasteiger partial charge in [0, 0.05) is 16.5 Å². The number of nitrogens with one attached hydrogen (secondary N) is 1. The zero-order valence-electron chi connectivity index (χ0n) is 9.97. The molecule has 0 unspecified atom stereocenters. The van der Waals surface area contributed by atoms with Crippen LogP contribution in [0.2, 0.25) is 0 Å². The fourth-order valence-electron chi connectivity index (χ4n) is 2.05. The summed E-state index contributed by atoms with van der Waals surface area (Å²) in [6, 6.07) is 15.5. The Labute approximate surface area is 104 Å². The first-order valence-corrected chi connectivity index (χ1v) is 5.80. The number of rotatable bonds is 2. The lowest BCUT2D eigenvalue weighted by Gasteiger charge is -1.99. The molecule has 1 aromatic heterocycles. The molecule has 0 aliphatic carbocycles. The number of H-pyrrole nitrogens is 1. The minimum absolute atomic E-state index is 0.0668. The summed E-state index contributed by atoms with van der Waals surface area (Å²) < 4.78 is 0. The lowest BCUT2D eigenvalue weighted by Crippen LogP contribution is -1.90. The van der Waals surface area contributed by atoms with Crippen molar-refractivity contribution in [3.8, 4) is 11.3 Å². The van der Waals surface area contributed by atoms with Crippen LogP contribution in [0.3, 0.4) is 0 Å². The molecule has 3 heteroatoms. The van der Waals surface area contributed by atoms with Crippen molar-refractivity contribution in [1.29, 1.82) is 0 Å². The molecule has 3 rings (SSSR count). The Kier molecular flexibility index (Phi) is 2.45. The van der Waals surface area contributed by atoms with Crippen molar-refractivity contribution in [3.63, 3.8) is 0 Å². The summed E-state index contributed by atoms with van der Waals surface area (Å²) in [4.78, 5) is 11.4. The number of aromatic amines is 1. The minimum Gasteiger partial charge on any atom is -0.295 e. The monoisotopic (exact) mass is 236 g/mol. The zero-order valence-corrected chi connectivity index (χ0v) is 9.97. The summed E-state index contributed by atoms with van der Waals surface area (Å²) in [5, 5.41) is 8.30. The van der Waals surface area contributed by atoms with Gasteiger partial charge in [-0.1, -0.05) is 30.3 Å². The summed E-state index contributed by atoms with van der Waals surface area (Å²) in [6.07, 6.45) is 0. The second-order valence-electron chi connectivity index (χ2n) is 4.25. The van der Waals surface area contributed by atoms with Crippen molar-refractivity contribution in [2.45, 2.75) is 6.92 Å². The van der Waals surface area contributed by atoms with Crippen LogP contribution in [-0.4, -0.2) is 16.0 Å². The number of fused-ring (bicyclic) bond motifs is 1. The topological polar surface area (TPSA) is 45.8 Å². The summed E-state index contributed by atoms with van der Waals surface area (Å²) in [7, 11) is 0. The smallest absolute Gasteiger partial charge is 0.159 e. The number of aromatic nitrogens is 2. The normalized spacial score (nSPS) is 10.7. The van der Waals surface area contributed by atoms with Gasteiger partial charge in [0.05, 0.1) is 11.2 Å². The van der Waals surface area contributed by atoms with Gasteiger partial charge in [0.2, 0.25) is 0 Å². The average molecular weight is 236 g/mol. The second kappa shape index (κ2) is 4.11. The van der Waals surface area contributed by atoms with Gasteiger partial charge < -0.3 is 0 Å². The van der Waals surface area contributed by atoms with Crippen LogP contribution in [0.4, 0.5) is 0 Å². The van der Waals surface area contributed by atoms with Gasteiger partial charge in [-0.15, -0.1) is 0 Å². The Bertz CT molecular complexity index is 714. The summed E-state index contributed by atoms with van der Waals surface area (Å²) in [5.74, 6) is 0.0668. The van der Waals surface area contributed by atoms with Crippen LogP contribution in [-0.2, 0) is 0 Å². The predicted octanol–water partition coefficient (Wildman–Crippen LogP) is 3.43. The van der Waals surface area contributed by atoms with Gasteiger partial charge in [-0.3, -0.25) is 9.89 Å². The molecule has 3 nitrogen and oxygen atoms in total. The molecule has 3 aromatic rings. The van der Waals surface area contributed by atoms with E-state index < -0.39 is 0 Å². The first kappa shape index (κ1) is 10.7. The molecule has 0 atom stereocenters. The van der Waals surface area contributed by atoms with Crippen LogP contribution < -0.4 is 0 Å². The van der Waals surface area contributed by atoms with E-state index in [0.717, 1.165) is 22.2 Å². The van der Waals surface area contributed by atoms with Crippen molar-refractivity contribution >= 4 is 16.7 Å². The Hall–Kier alpha value is -2.42. The summed E-state index contributed by atoms with van der Waals surface area (Å²) in [6.45, 7) is 1.57. The molecule has 0 saturated heterocycles. The molecule has 0 aliphatic heterocycles. The van der Waals surface area contributed by atoms with E-state index in [1.54, 1.807) is 6.92 Å². The highest BCUT2D eigenvalue weighted by molar-refractivity contribution is 6.01. The molecular formula is C15H12N2O. The molecule has 0 fully saturated rings. The maximum Gasteiger partial charge on any atom is 0.159 e. The van der Waals surface area contributed by atoms with Gasteiger partial charge in [-0.2, -0.15) is 5.10 Å². The van der Waals surface area contributed by atoms with Gasteiger partial charge in [0.25, 0.3) is 0 Å². The number of carbonyl (C=O) groups excluding carboxylic acids is 1. The molecule has 0 saturated carbocycles. The van der Waals surface area contributed by atoms with E-state index in [9.17, 15) is 4.79 Å².